The first-order valence-corrected chi connectivity index (χ1v) is 11.8. The molecule has 2 fully saturated rings. The highest BCUT2D eigenvalue weighted by atomic mass is 19.4. The van der Waals surface area contributed by atoms with Crippen LogP contribution in [0.25, 0.3) is 0 Å². The second-order valence-corrected chi connectivity index (χ2v) is 9.48. The molecule has 32 heavy (non-hydrogen) atoms. The molecule has 8 heteroatoms. The van der Waals surface area contributed by atoms with Gasteiger partial charge in [-0.25, -0.2) is 4.79 Å². The van der Waals surface area contributed by atoms with Crippen LogP contribution in [0.15, 0.2) is 18.2 Å². The second kappa shape index (κ2) is 9.21. The molecular formula is C24H34F3N3O2. The number of hydrogen-bond donors (Lipinski definition) is 0. The second-order valence-electron chi connectivity index (χ2n) is 9.48. The van der Waals surface area contributed by atoms with Crippen LogP contribution in [0.3, 0.4) is 0 Å². The number of hydrogen-bond acceptors (Lipinski definition) is 4. The van der Waals surface area contributed by atoms with Crippen LogP contribution in [0, 0.1) is 0 Å². The van der Waals surface area contributed by atoms with Crippen LogP contribution < -0.4 is 0 Å². The number of carbonyl (C=O) groups excluding carboxylic acids is 1. The van der Waals surface area contributed by atoms with Gasteiger partial charge in [0.25, 0.3) is 0 Å². The predicted molar refractivity (Wildman–Crippen MR) is 116 cm³/mol. The summed E-state index contributed by atoms with van der Waals surface area (Å²) in [6.07, 6.45) is -2.63. The minimum absolute atomic E-state index is 0.0221. The van der Waals surface area contributed by atoms with E-state index in [4.69, 9.17) is 0 Å². The quantitative estimate of drug-likeness (QED) is 0.669. The first kappa shape index (κ1) is 23.4. The number of rotatable bonds is 4. The largest absolute Gasteiger partial charge is 0.437 e. The van der Waals surface area contributed by atoms with Gasteiger partial charge in [0, 0.05) is 38.3 Å². The molecule has 0 bridgehead atoms. The Morgan fingerprint density at radius 3 is 2.59 bits per heavy atom. The van der Waals surface area contributed by atoms with Crippen LogP contribution in [0.5, 0.6) is 0 Å². The number of alkyl halides is 3. The van der Waals surface area contributed by atoms with E-state index < -0.39 is 18.4 Å². The summed E-state index contributed by atoms with van der Waals surface area (Å²) in [7, 11) is 0. The summed E-state index contributed by atoms with van der Waals surface area (Å²) in [5.74, 6) is 0. The topological polar surface area (TPSA) is 36.0 Å². The predicted octanol–water partition coefficient (Wildman–Crippen LogP) is 4.58. The van der Waals surface area contributed by atoms with Gasteiger partial charge in [0.05, 0.1) is 0 Å². The Morgan fingerprint density at radius 1 is 1.16 bits per heavy atom. The fourth-order valence-electron chi connectivity index (χ4n) is 5.54. The first-order valence-electron chi connectivity index (χ1n) is 11.8. The molecular weight excluding hydrogens is 419 g/mol. The number of likely N-dealkylation sites (N-methyl/N-ethyl adjacent to an activating group) is 1. The standard InChI is InChI=1S/C24H34F3N3O2/c1-3-28-13-8-19-6-4-7-20(21(19)17-28)16-30-12-5-9-23(30)10-14-29(15-11-23)22(31)32-18(2)24(25,26)27/h4,6-7,18H,3,5,8-17H2,1-2H3. The van der Waals surface area contributed by atoms with E-state index in [1.807, 2.05) is 0 Å². The van der Waals surface area contributed by atoms with E-state index in [1.54, 1.807) is 0 Å². The van der Waals surface area contributed by atoms with Crippen LogP contribution >= 0.6 is 0 Å². The summed E-state index contributed by atoms with van der Waals surface area (Å²) in [5.41, 5.74) is 4.33. The Labute approximate surface area is 188 Å². The minimum Gasteiger partial charge on any atom is -0.437 e. The number of fused-ring (bicyclic) bond motifs is 1. The molecule has 0 radical (unpaired) electrons. The van der Waals surface area contributed by atoms with E-state index in [-0.39, 0.29) is 5.54 Å². The number of piperidine rings is 1. The fourth-order valence-corrected chi connectivity index (χ4v) is 5.54. The number of carbonyl (C=O) groups is 1. The molecule has 0 N–H and O–H groups in total. The number of ether oxygens (including phenoxy) is 1. The molecule has 4 rings (SSSR count). The van der Waals surface area contributed by atoms with Crippen molar-refractivity contribution in [1.82, 2.24) is 14.7 Å². The lowest BCUT2D eigenvalue weighted by atomic mass is 9.84. The fraction of sp³-hybridized carbons (Fsp3) is 0.708. The van der Waals surface area contributed by atoms with Crippen LogP contribution in [-0.2, 0) is 24.2 Å². The van der Waals surface area contributed by atoms with Crippen molar-refractivity contribution in [1.29, 1.82) is 0 Å². The van der Waals surface area contributed by atoms with Crippen molar-refractivity contribution < 1.29 is 22.7 Å². The van der Waals surface area contributed by atoms with Gasteiger partial charge in [0.1, 0.15) is 0 Å². The lowest BCUT2D eigenvalue weighted by Crippen LogP contribution is -2.53. The average molecular weight is 454 g/mol. The zero-order valence-electron chi connectivity index (χ0n) is 19.1. The molecule has 0 aliphatic carbocycles. The van der Waals surface area contributed by atoms with Crippen molar-refractivity contribution in [3.8, 4) is 0 Å². The van der Waals surface area contributed by atoms with Crippen LogP contribution in [0.1, 0.15) is 56.2 Å². The van der Waals surface area contributed by atoms with Gasteiger partial charge in [0.2, 0.25) is 0 Å². The van der Waals surface area contributed by atoms with Gasteiger partial charge in [-0.2, -0.15) is 13.2 Å². The summed E-state index contributed by atoms with van der Waals surface area (Å²) < 4.78 is 42.9. The molecule has 0 saturated carbocycles. The third kappa shape index (κ3) is 4.76. The molecule has 5 nitrogen and oxygen atoms in total. The molecule has 3 aliphatic rings. The van der Waals surface area contributed by atoms with Gasteiger partial charge >= 0.3 is 12.3 Å². The average Bonchev–Trinajstić information content (AvgIpc) is 3.14. The van der Waals surface area contributed by atoms with E-state index in [1.165, 1.54) is 21.6 Å². The van der Waals surface area contributed by atoms with E-state index >= 15 is 0 Å². The van der Waals surface area contributed by atoms with Crippen molar-refractivity contribution in [2.75, 3.05) is 32.7 Å². The lowest BCUT2D eigenvalue weighted by molar-refractivity contribution is -0.200. The van der Waals surface area contributed by atoms with Gasteiger partial charge in [-0.15, -0.1) is 0 Å². The molecule has 1 amide bonds. The monoisotopic (exact) mass is 453 g/mol. The molecule has 1 unspecified atom stereocenters. The highest BCUT2D eigenvalue weighted by Gasteiger charge is 2.45. The molecule has 1 spiro atoms. The van der Waals surface area contributed by atoms with Crippen molar-refractivity contribution >= 4 is 6.09 Å². The van der Waals surface area contributed by atoms with Crippen molar-refractivity contribution in [2.24, 2.45) is 0 Å². The first-order chi connectivity index (χ1) is 15.2. The Hall–Kier alpha value is -1.80. The molecule has 3 heterocycles. The Bertz CT molecular complexity index is 821. The molecule has 0 aromatic heterocycles. The molecule has 1 atom stereocenters. The highest BCUT2D eigenvalue weighted by Crippen LogP contribution is 2.40. The van der Waals surface area contributed by atoms with Crippen molar-refractivity contribution in [3.63, 3.8) is 0 Å². The van der Waals surface area contributed by atoms with E-state index in [0.29, 0.717) is 13.1 Å². The van der Waals surface area contributed by atoms with Gasteiger partial charge in [-0.05, 0) is 68.8 Å². The van der Waals surface area contributed by atoms with Crippen LogP contribution in [0.2, 0.25) is 0 Å². The maximum atomic E-state index is 12.7. The van der Waals surface area contributed by atoms with Crippen molar-refractivity contribution in [2.45, 2.75) is 76.9 Å². The van der Waals surface area contributed by atoms with Gasteiger partial charge < -0.3 is 9.64 Å². The Balaban J connectivity index is 1.41. The molecule has 1 aromatic carbocycles. The van der Waals surface area contributed by atoms with Crippen molar-refractivity contribution in [3.05, 3.63) is 34.9 Å². The third-order valence-corrected chi connectivity index (χ3v) is 7.69. The Morgan fingerprint density at radius 2 is 1.91 bits per heavy atom. The number of halogens is 3. The molecule has 3 aliphatic heterocycles. The zero-order chi connectivity index (χ0) is 22.9. The van der Waals surface area contributed by atoms with Gasteiger partial charge in [-0.1, -0.05) is 25.1 Å². The lowest BCUT2D eigenvalue weighted by Gasteiger charge is -2.45. The minimum atomic E-state index is -4.53. The van der Waals surface area contributed by atoms with Gasteiger partial charge in [-0.3, -0.25) is 9.80 Å². The highest BCUT2D eigenvalue weighted by molar-refractivity contribution is 5.68. The maximum absolute atomic E-state index is 12.7. The summed E-state index contributed by atoms with van der Waals surface area (Å²) in [6, 6.07) is 6.66. The van der Waals surface area contributed by atoms with E-state index in [2.05, 4.69) is 39.7 Å². The number of benzene rings is 1. The van der Waals surface area contributed by atoms with Gasteiger partial charge in [0.15, 0.2) is 6.10 Å². The smallest absolute Gasteiger partial charge is 0.425 e. The molecule has 2 saturated heterocycles. The SMILES string of the molecule is CCN1CCc2cccc(CN3CCCC34CCN(C(=O)OC(C)C(F)(F)F)CC4)c2C1. The summed E-state index contributed by atoms with van der Waals surface area (Å²) >= 11 is 0. The number of nitrogens with zero attached hydrogens (tertiary/aromatic N) is 3. The van der Waals surface area contributed by atoms with E-state index in [0.717, 1.165) is 71.8 Å². The maximum Gasteiger partial charge on any atom is 0.425 e. The third-order valence-electron chi connectivity index (χ3n) is 7.69. The number of amides is 1. The summed E-state index contributed by atoms with van der Waals surface area (Å²) in [5, 5.41) is 0. The normalized spacial score (nSPS) is 22.7. The van der Waals surface area contributed by atoms with Crippen LogP contribution in [-0.4, -0.2) is 71.3 Å². The Kier molecular flexibility index (Phi) is 6.73. The summed E-state index contributed by atoms with van der Waals surface area (Å²) in [6.45, 7) is 9.05. The summed E-state index contributed by atoms with van der Waals surface area (Å²) in [4.78, 5) is 18.7. The van der Waals surface area contributed by atoms with Crippen LogP contribution in [0.4, 0.5) is 18.0 Å². The van der Waals surface area contributed by atoms with E-state index in [9.17, 15) is 18.0 Å². The zero-order valence-corrected chi connectivity index (χ0v) is 19.1. The molecule has 1 aromatic rings. The molecule has 178 valence electrons. The number of likely N-dealkylation sites (tertiary alicyclic amines) is 2.